The molecule has 3 aromatic rings. The Labute approximate surface area is 131 Å². The molecule has 0 N–H and O–H groups in total. The van der Waals surface area contributed by atoms with Crippen LogP contribution in [0.3, 0.4) is 0 Å². The lowest BCUT2D eigenvalue weighted by Gasteiger charge is -2.06. The van der Waals surface area contributed by atoms with Gasteiger partial charge >= 0.3 is 0 Å². The number of aromatic nitrogens is 3. The Morgan fingerprint density at radius 1 is 1.00 bits per heavy atom. The van der Waals surface area contributed by atoms with E-state index in [9.17, 15) is 4.79 Å². The fraction of sp³-hybridized carbons (Fsp3) is 0. The molecule has 0 saturated carbocycles. The Kier molecular flexibility index (Phi) is 3.73. The summed E-state index contributed by atoms with van der Waals surface area (Å²) in [5.74, 6) is 0.648. The molecule has 0 aliphatic heterocycles. The van der Waals surface area contributed by atoms with Gasteiger partial charge in [0.25, 0.3) is 0 Å². The molecule has 0 bridgehead atoms. The first-order valence-electron chi connectivity index (χ1n) is 6.11. The largest absolute Gasteiger partial charge is 0.285 e. The third-order valence-electron chi connectivity index (χ3n) is 2.92. The fourth-order valence-corrected chi connectivity index (χ4v) is 2.22. The third kappa shape index (κ3) is 2.68. The summed E-state index contributed by atoms with van der Waals surface area (Å²) in [6.45, 7) is 0. The fourth-order valence-electron chi connectivity index (χ4n) is 1.92. The number of imidazole rings is 1. The molecule has 0 saturated heterocycles. The van der Waals surface area contributed by atoms with Crippen molar-refractivity contribution in [3.05, 3.63) is 76.4 Å². The lowest BCUT2D eigenvalue weighted by atomic mass is 10.1. The van der Waals surface area contributed by atoms with E-state index in [1.54, 1.807) is 47.4 Å². The van der Waals surface area contributed by atoms with E-state index in [1.165, 1.54) is 6.07 Å². The van der Waals surface area contributed by atoms with E-state index in [0.717, 1.165) is 0 Å². The van der Waals surface area contributed by atoms with Crippen LogP contribution in [-0.4, -0.2) is 20.3 Å². The molecule has 0 radical (unpaired) electrons. The van der Waals surface area contributed by atoms with Crippen molar-refractivity contribution >= 4 is 29.0 Å². The second-order valence-electron chi connectivity index (χ2n) is 4.27. The van der Waals surface area contributed by atoms with Crippen molar-refractivity contribution in [1.29, 1.82) is 0 Å². The van der Waals surface area contributed by atoms with Gasteiger partial charge in [0.05, 0.1) is 10.0 Å². The standard InChI is InChI=1S/C15H9Cl2N3O/c16-11-5-4-10(9-12(11)17)14(21)15-19-7-8-20(15)13-3-1-2-6-18-13/h1-9H. The van der Waals surface area contributed by atoms with Crippen LogP contribution in [0, 0.1) is 0 Å². The average molecular weight is 318 g/mol. The van der Waals surface area contributed by atoms with Crippen molar-refractivity contribution in [3.8, 4) is 5.82 Å². The highest BCUT2D eigenvalue weighted by atomic mass is 35.5. The number of carbonyl (C=O) groups is 1. The van der Waals surface area contributed by atoms with Crippen LogP contribution in [0.2, 0.25) is 10.0 Å². The highest BCUT2D eigenvalue weighted by molar-refractivity contribution is 6.42. The Hall–Kier alpha value is -2.17. The second-order valence-corrected chi connectivity index (χ2v) is 5.08. The number of ketones is 1. The SMILES string of the molecule is O=C(c1ccc(Cl)c(Cl)c1)c1nccn1-c1ccccn1. The summed E-state index contributed by atoms with van der Waals surface area (Å²) in [5.41, 5.74) is 0.424. The third-order valence-corrected chi connectivity index (χ3v) is 3.66. The highest BCUT2D eigenvalue weighted by Crippen LogP contribution is 2.24. The Morgan fingerprint density at radius 2 is 1.86 bits per heavy atom. The maximum atomic E-state index is 12.6. The second kappa shape index (κ2) is 5.68. The Morgan fingerprint density at radius 3 is 2.57 bits per heavy atom. The van der Waals surface area contributed by atoms with Crippen LogP contribution in [0.5, 0.6) is 0 Å². The number of benzene rings is 1. The van der Waals surface area contributed by atoms with Crippen LogP contribution in [0.4, 0.5) is 0 Å². The summed E-state index contributed by atoms with van der Waals surface area (Å²) < 4.78 is 1.63. The van der Waals surface area contributed by atoms with E-state index >= 15 is 0 Å². The molecular weight excluding hydrogens is 309 g/mol. The molecule has 104 valence electrons. The summed E-state index contributed by atoms with van der Waals surface area (Å²) in [5, 5.41) is 0.736. The van der Waals surface area contributed by atoms with Crippen LogP contribution in [0.25, 0.3) is 5.82 Å². The smallest absolute Gasteiger partial charge is 0.228 e. The molecule has 2 aromatic heterocycles. The lowest BCUT2D eigenvalue weighted by molar-refractivity contribution is 0.102. The number of halogens is 2. The molecule has 0 atom stereocenters. The number of rotatable bonds is 3. The molecule has 0 unspecified atom stereocenters. The lowest BCUT2D eigenvalue weighted by Crippen LogP contribution is -2.10. The Bertz CT molecular complexity index is 800. The van der Waals surface area contributed by atoms with Crippen molar-refractivity contribution in [2.45, 2.75) is 0 Å². The zero-order valence-electron chi connectivity index (χ0n) is 10.7. The van der Waals surface area contributed by atoms with Gasteiger partial charge in [-0.2, -0.15) is 0 Å². The molecule has 1 aromatic carbocycles. The van der Waals surface area contributed by atoms with Crippen molar-refractivity contribution in [1.82, 2.24) is 14.5 Å². The zero-order valence-corrected chi connectivity index (χ0v) is 12.2. The minimum atomic E-state index is -0.246. The van der Waals surface area contributed by atoms with E-state index < -0.39 is 0 Å². The molecule has 0 aliphatic rings. The minimum absolute atomic E-state index is 0.246. The quantitative estimate of drug-likeness (QED) is 0.690. The van der Waals surface area contributed by atoms with Crippen LogP contribution in [-0.2, 0) is 0 Å². The van der Waals surface area contributed by atoms with Crippen molar-refractivity contribution in [2.24, 2.45) is 0 Å². The van der Waals surface area contributed by atoms with Gasteiger partial charge in [0.1, 0.15) is 5.82 Å². The van der Waals surface area contributed by atoms with Gasteiger partial charge in [-0.15, -0.1) is 0 Å². The van der Waals surface area contributed by atoms with Gasteiger partial charge in [-0.25, -0.2) is 9.97 Å². The van der Waals surface area contributed by atoms with Crippen molar-refractivity contribution in [3.63, 3.8) is 0 Å². The predicted molar refractivity (Wildman–Crippen MR) is 81.3 cm³/mol. The molecule has 4 nitrogen and oxygen atoms in total. The molecule has 6 heteroatoms. The van der Waals surface area contributed by atoms with E-state index in [-0.39, 0.29) is 11.6 Å². The van der Waals surface area contributed by atoms with Gasteiger partial charge in [-0.05, 0) is 30.3 Å². The molecular formula is C15H9Cl2N3O. The van der Waals surface area contributed by atoms with E-state index in [1.807, 2.05) is 6.07 Å². The van der Waals surface area contributed by atoms with Crippen molar-refractivity contribution in [2.75, 3.05) is 0 Å². The first-order chi connectivity index (χ1) is 10.2. The zero-order chi connectivity index (χ0) is 14.8. The predicted octanol–water partition coefficient (Wildman–Crippen LogP) is 3.81. The van der Waals surface area contributed by atoms with Crippen LogP contribution in [0.15, 0.2) is 55.0 Å². The van der Waals surface area contributed by atoms with Gasteiger partial charge in [-0.1, -0.05) is 29.3 Å². The summed E-state index contributed by atoms with van der Waals surface area (Å²) in [4.78, 5) is 20.9. The number of carbonyl (C=O) groups excluding carboxylic acids is 1. The summed E-state index contributed by atoms with van der Waals surface area (Å²) in [6.07, 6.45) is 4.90. The summed E-state index contributed by atoms with van der Waals surface area (Å²) in [6, 6.07) is 10.2. The number of nitrogens with zero attached hydrogens (tertiary/aromatic N) is 3. The highest BCUT2D eigenvalue weighted by Gasteiger charge is 2.17. The monoisotopic (exact) mass is 317 g/mol. The Balaban J connectivity index is 2.03. The van der Waals surface area contributed by atoms with Gasteiger partial charge in [-0.3, -0.25) is 9.36 Å². The number of pyridine rings is 1. The molecule has 0 aliphatic carbocycles. The van der Waals surface area contributed by atoms with E-state index in [0.29, 0.717) is 21.4 Å². The molecule has 0 fully saturated rings. The molecule has 0 spiro atoms. The van der Waals surface area contributed by atoms with Crippen LogP contribution < -0.4 is 0 Å². The van der Waals surface area contributed by atoms with Gasteiger partial charge in [0.15, 0.2) is 5.82 Å². The summed E-state index contributed by atoms with van der Waals surface area (Å²) in [7, 11) is 0. The molecule has 2 heterocycles. The van der Waals surface area contributed by atoms with Gasteiger partial charge < -0.3 is 0 Å². The first kappa shape index (κ1) is 13.8. The normalized spacial score (nSPS) is 10.6. The molecule has 3 rings (SSSR count). The minimum Gasteiger partial charge on any atom is -0.285 e. The van der Waals surface area contributed by atoms with E-state index in [2.05, 4.69) is 9.97 Å². The first-order valence-corrected chi connectivity index (χ1v) is 6.87. The van der Waals surface area contributed by atoms with Crippen LogP contribution >= 0.6 is 23.2 Å². The maximum Gasteiger partial charge on any atom is 0.228 e. The van der Waals surface area contributed by atoms with E-state index in [4.69, 9.17) is 23.2 Å². The van der Waals surface area contributed by atoms with Gasteiger partial charge in [0.2, 0.25) is 5.78 Å². The maximum absolute atomic E-state index is 12.6. The topological polar surface area (TPSA) is 47.8 Å². The van der Waals surface area contributed by atoms with Crippen LogP contribution in [0.1, 0.15) is 16.2 Å². The number of hydrogen-bond donors (Lipinski definition) is 0. The number of hydrogen-bond acceptors (Lipinski definition) is 3. The molecule has 21 heavy (non-hydrogen) atoms. The molecule has 0 amide bonds. The van der Waals surface area contributed by atoms with Crippen molar-refractivity contribution < 1.29 is 4.79 Å². The van der Waals surface area contributed by atoms with Gasteiger partial charge in [0, 0.05) is 24.2 Å². The summed E-state index contributed by atoms with van der Waals surface area (Å²) >= 11 is 11.8. The average Bonchev–Trinajstić information content (AvgIpc) is 2.99.